The molecule has 0 bridgehead atoms. The number of hydrogen-bond donors (Lipinski definition) is 2. The molecule has 27 heavy (non-hydrogen) atoms. The molecule has 1 amide bonds. The molecule has 0 fully saturated rings. The number of fused-ring (bicyclic) bond motifs is 1. The Kier molecular flexibility index (Phi) is 5.84. The summed E-state index contributed by atoms with van der Waals surface area (Å²) in [5.74, 6) is 1.96. The summed E-state index contributed by atoms with van der Waals surface area (Å²) in [6.07, 6.45) is 1.72. The van der Waals surface area contributed by atoms with Crippen LogP contribution >= 0.6 is 11.8 Å². The minimum absolute atomic E-state index is 0.108. The van der Waals surface area contributed by atoms with Crippen LogP contribution < -0.4 is 20.3 Å². The second-order valence-corrected chi connectivity index (χ2v) is 7.49. The van der Waals surface area contributed by atoms with Gasteiger partial charge in [-0.25, -0.2) is 0 Å². The van der Waals surface area contributed by atoms with Gasteiger partial charge in [0, 0.05) is 0 Å². The van der Waals surface area contributed by atoms with E-state index in [1.165, 1.54) is 11.8 Å². The van der Waals surface area contributed by atoms with Crippen LogP contribution in [0.5, 0.6) is 11.5 Å². The van der Waals surface area contributed by atoms with Crippen LogP contribution in [0.2, 0.25) is 0 Å². The number of aromatic amines is 1. The van der Waals surface area contributed by atoms with Crippen molar-refractivity contribution in [3.05, 3.63) is 39.7 Å². The van der Waals surface area contributed by atoms with E-state index in [1.807, 2.05) is 22.9 Å². The lowest BCUT2D eigenvalue weighted by Crippen LogP contribution is -2.19. The fourth-order valence-corrected chi connectivity index (χ4v) is 4.57. The van der Waals surface area contributed by atoms with Gasteiger partial charge in [0.05, 0.1) is 36.8 Å². The van der Waals surface area contributed by atoms with Crippen LogP contribution in [0.4, 0.5) is 5.82 Å². The van der Waals surface area contributed by atoms with Gasteiger partial charge < -0.3 is 14.8 Å². The number of ether oxygens (including phenoxy) is 2. The lowest BCUT2D eigenvalue weighted by molar-refractivity contribution is -0.113. The van der Waals surface area contributed by atoms with Crippen LogP contribution in [0.25, 0.3) is 0 Å². The summed E-state index contributed by atoms with van der Waals surface area (Å²) in [6.45, 7) is 4.13. The number of rotatable bonds is 6. The highest BCUT2D eigenvalue weighted by molar-refractivity contribution is 8.00. The molecule has 3 rings (SSSR count). The molecule has 0 saturated carbocycles. The van der Waals surface area contributed by atoms with E-state index in [9.17, 15) is 9.59 Å². The minimum Gasteiger partial charge on any atom is -0.493 e. The zero-order chi connectivity index (χ0) is 19.6. The number of carbonyl (C=O) groups excluding carboxylic acids is 1. The number of thioether (sulfide) groups is 1. The van der Waals surface area contributed by atoms with Crippen LogP contribution in [0.3, 0.4) is 0 Å². The molecular formula is C19H25N3O4S. The van der Waals surface area contributed by atoms with Gasteiger partial charge in [0.25, 0.3) is 5.56 Å². The number of anilines is 1. The van der Waals surface area contributed by atoms with Gasteiger partial charge in [-0.2, -0.15) is 0 Å². The highest BCUT2D eigenvalue weighted by Gasteiger charge is 2.32. The Bertz CT molecular complexity index is 886. The Balaban J connectivity index is 2.15. The van der Waals surface area contributed by atoms with Crippen molar-refractivity contribution in [3.63, 3.8) is 0 Å². The average Bonchev–Trinajstić information content (AvgIpc) is 2.88. The number of hydrogen-bond acceptors (Lipinski definition) is 5. The summed E-state index contributed by atoms with van der Waals surface area (Å²) < 4.78 is 12.5. The molecule has 1 aromatic heterocycles. The molecule has 2 N–H and O–H groups in total. The number of H-pyrrole nitrogens is 1. The zero-order valence-corrected chi connectivity index (χ0v) is 16.8. The summed E-state index contributed by atoms with van der Waals surface area (Å²) in [5.41, 5.74) is 1.29. The van der Waals surface area contributed by atoms with Crippen LogP contribution in [0.1, 0.15) is 49.1 Å². The molecule has 1 aromatic carbocycles. The molecule has 0 aliphatic carbocycles. The smallest absolute Gasteiger partial charge is 0.270 e. The lowest BCUT2D eigenvalue weighted by atomic mass is 10.1. The van der Waals surface area contributed by atoms with Crippen molar-refractivity contribution < 1.29 is 14.3 Å². The normalized spacial score (nSPS) is 16.6. The number of amides is 1. The number of benzene rings is 1. The third-order valence-corrected chi connectivity index (χ3v) is 6.15. The van der Waals surface area contributed by atoms with Crippen molar-refractivity contribution in [1.29, 1.82) is 0 Å². The molecule has 1 aliphatic heterocycles. The molecule has 1 unspecified atom stereocenters. The van der Waals surface area contributed by atoms with E-state index in [1.54, 1.807) is 14.2 Å². The highest BCUT2D eigenvalue weighted by atomic mass is 32.2. The van der Waals surface area contributed by atoms with Crippen LogP contribution in [0, 0.1) is 0 Å². The first-order valence-electron chi connectivity index (χ1n) is 9.01. The maximum Gasteiger partial charge on any atom is 0.270 e. The number of carbonyl (C=O) groups is 1. The Morgan fingerprint density at radius 1 is 1.19 bits per heavy atom. The van der Waals surface area contributed by atoms with Gasteiger partial charge in [-0.05, 0) is 30.5 Å². The van der Waals surface area contributed by atoms with E-state index >= 15 is 0 Å². The maximum atomic E-state index is 12.8. The molecule has 2 aromatic rings. The SMILES string of the molecule is CCC(CC)n1[nH]c(=O)c2c1NC(=O)CSC2c1ccc(OC)c(OC)c1. The first kappa shape index (κ1) is 19.4. The van der Waals surface area contributed by atoms with Gasteiger partial charge >= 0.3 is 0 Å². The van der Waals surface area contributed by atoms with Crippen LogP contribution in [-0.2, 0) is 4.79 Å². The maximum absolute atomic E-state index is 12.8. The van der Waals surface area contributed by atoms with Crippen LogP contribution in [0.15, 0.2) is 23.0 Å². The molecule has 0 radical (unpaired) electrons. The predicted octanol–water partition coefficient (Wildman–Crippen LogP) is 3.33. The van der Waals surface area contributed by atoms with Crippen molar-refractivity contribution in [2.75, 3.05) is 25.3 Å². The van der Waals surface area contributed by atoms with E-state index in [2.05, 4.69) is 24.3 Å². The van der Waals surface area contributed by atoms with E-state index in [4.69, 9.17) is 9.47 Å². The first-order chi connectivity index (χ1) is 13.0. The summed E-state index contributed by atoms with van der Waals surface area (Å²) in [6, 6.07) is 5.72. The minimum atomic E-state index is -0.280. The standard InChI is InChI=1S/C19H25N3O4S/c1-5-12(6-2)22-18-16(19(24)21-22)17(27-10-15(23)20-18)11-7-8-13(25-3)14(9-11)26-4/h7-9,12,17H,5-6,10H2,1-4H3,(H,20,23)(H,21,24). The summed E-state index contributed by atoms with van der Waals surface area (Å²) >= 11 is 1.43. The van der Waals surface area contributed by atoms with Crippen molar-refractivity contribution >= 4 is 23.5 Å². The lowest BCUT2D eigenvalue weighted by Gasteiger charge is -2.19. The average molecular weight is 391 g/mol. The summed E-state index contributed by atoms with van der Waals surface area (Å²) in [5, 5.41) is 5.58. The first-order valence-corrected chi connectivity index (χ1v) is 10.1. The van der Waals surface area contributed by atoms with Crippen molar-refractivity contribution in [1.82, 2.24) is 9.78 Å². The van der Waals surface area contributed by atoms with Gasteiger partial charge in [0.15, 0.2) is 11.5 Å². The predicted molar refractivity (Wildman–Crippen MR) is 107 cm³/mol. The Morgan fingerprint density at radius 3 is 2.52 bits per heavy atom. The second-order valence-electron chi connectivity index (χ2n) is 6.40. The topological polar surface area (TPSA) is 85.4 Å². The molecular weight excluding hydrogens is 366 g/mol. The van der Waals surface area contributed by atoms with Crippen molar-refractivity contribution in [2.45, 2.75) is 38.0 Å². The molecule has 1 atom stereocenters. The Hall–Kier alpha value is -2.35. The van der Waals surface area contributed by atoms with Gasteiger partial charge in [-0.1, -0.05) is 19.9 Å². The molecule has 8 heteroatoms. The molecule has 0 spiro atoms. The fraction of sp³-hybridized carbons (Fsp3) is 0.474. The van der Waals surface area contributed by atoms with E-state index in [-0.39, 0.29) is 28.5 Å². The zero-order valence-electron chi connectivity index (χ0n) is 16.0. The van der Waals surface area contributed by atoms with Crippen LogP contribution in [-0.4, -0.2) is 35.7 Å². The molecule has 0 saturated heterocycles. The quantitative estimate of drug-likeness (QED) is 0.789. The molecule has 146 valence electrons. The Labute approximate surface area is 162 Å². The second kappa shape index (κ2) is 8.12. The summed E-state index contributed by atoms with van der Waals surface area (Å²) in [7, 11) is 3.16. The molecule has 7 nitrogen and oxygen atoms in total. The monoisotopic (exact) mass is 391 g/mol. The molecule has 2 heterocycles. The van der Waals surface area contributed by atoms with Crippen molar-refractivity contribution in [3.8, 4) is 11.5 Å². The summed E-state index contributed by atoms with van der Waals surface area (Å²) in [4.78, 5) is 25.1. The molecule has 1 aliphatic rings. The van der Waals surface area contributed by atoms with Gasteiger partial charge in [0.2, 0.25) is 5.91 Å². The Morgan fingerprint density at radius 2 is 1.89 bits per heavy atom. The number of methoxy groups -OCH3 is 2. The van der Waals surface area contributed by atoms with Crippen molar-refractivity contribution in [2.24, 2.45) is 0 Å². The van der Waals surface area contributed by atoms with E-state index < -0.39 is 0 Å². The largest absolute Gasteiger partial charge is 0.493 e. The third kappa shape index (κ3) is 3.58. The van der Waals surface area contributed by atoms with E-state index in [0.29, 0.717) is 22.9 Å². The van der Waals surface area contributed by atoms with Gasteiger partial charge in [-0.15, -0.1) is 11.8 Å². The van der Waals surface area contributed by atoms with E-state index in [0.717, 1.165) is 18.4 Å². The number of nitrogens with zero attached hydrogens (tertiary/aromatic N) is 1. The highest BCUT2D eigenvalue weighted by Crippen LogP contribution is 2.43. The number of nitrogens with one attached hydrogen (secondary N) is 2. The third-order valence-electron chi connectivity index (χ3n) is 4.88. The van der Waals surface area contributed by atoms with Gasteiger partial charge in [0.1, 0.15) is 5.82 Å². The van der Waals surface area contributed by atoms with Gasteiger partial charge in [-0.3, -0.25) is 19.4 Å². The fourth-order valence-electron chi connectivity index (χ4n) is 3.45. The number of aromatic nitrogens is 2.